The van der Waals surface area contributed by atoms with Crippen LogP contribution in [0.2, 0.25) is 0 Å². The molecule has 0 atom stereocenters. The Morgan fingerprint density at radius 3 is 2.58 bits per heavy atom. The second-order valence-corrected chi connectivity index (χ2v) is 6.70. The minimum absolute atomic E-state index is 0. The van der Waals surface area contributed by atoms with E-state index < -0.39 is 0 Å². The summed E-state index contributed by atoms with van der Waals surface area (Å²) in [5, 5.41) is 9.40. The first-order valence-corrected chi connectivity index (χ1v) is 8.37. The van der Waals surface area contributed by atoms with Gasteiger partial charge in [0.15, 0.2) is 11.7 Å². The van der Waals surface area contributed by atoms with Gasteiger partial charge in [-0.25, -0.2) is 4.99 Å². The molecule has 0 fully saturated rings. The SMILES string of the molecule is CCNC(=NCc1cccc(NC(=O)c2ccco2)c1)NC(C)(C)C.I. The predicted molar refractivity (Wildman–Crippen MR) is 116 cm³/mol. The number of carbonyl (C=O) groups is 1. The molecular formula is C19H27IN4O2. The van der Waals surface area contributed by atoms with Gasteiger partial charge < -0.3 is 20.4 Å². The molecule has 1 aromatic heterocycles. The molecular weight excluding hydrogens is 443 g/mol. The fourth-order valence-corrected chi connectivity index (χ4v) is 2.18. The van der Waals surface area contributed by atoms with Gasteiger partial charge in [-0.2, -0.15) is 0 Å². The minimum Gasteiger partial charge on any atom is -0.459 e. The molecule has 0 saturated heterocycles. The van der Waals surface area contributed by atoms with Crippen molar-refractivity contribution in [2.75, 3.05) is 11.9 Å². The number of aliphatic imine (C=N–C) groups is 1. The van der Waals surface area contributed by atoms with Gasteiger partial charge in [-0.3, -0.25) is 4.79 Å². The predicted octanol–water partition coefficient (Wildman–Crippen LogP) is 4.00. The van der Waals surface area contributed by atoms with Crippen molar-refractivity contribution in [3.05, 3.63) is 54.0 Å². The number of amides is 1. The van der Waals surface area contributed by atoms with Crippen LogP contribution in [-0.2, 0) is 6.54 Å². The Morgan fingerprint density at radius 1 is 1.19 bits per heavy atom. The zero-order valence-corrected chi connectivity index (χ0v) is 18.0. The van der Waals surface area contributed by atoms with E-state index in [-0.39, 0.29) is 41.2 Å². The van der Waals surface area contributed by atoms with Gasteiger partial charge in [0.1, 0.15) is 0 Å². The highest BCUT2D eigenvalue weighted by atomic mass is 127. The number of halogens is 1. The maximum Gasteiger partial charge on any atom is 0.291 e. The van der Waals surface area contributed by atoms with Crippen LogP contribution in [-0.4, -0.2) is 24.0 Å². The number of benzene rings is 1. The molecule has 0 unspecified atom stereocenters. The summed E-state index contributed by atoms with van der Waals surface area (Å²) >= 11 is 0. The number of nitrogens with one attached hydrogen (secondary N) is 3. The highest BCUT2D eigenvalue weighted by Gasteiger charge is 2.12. The van der Waals surface area contributed by atoms with Gasteiger partial charge in [-0.1, -0.05) is 12.1 Å². The lowest BCUT2D eigenvalue weighted by Crippen LogP contribution is -2.47. The largest absolute Gasteiger partial charge is 0.459 e. The van der Waals surface area contributed by atoms with Crippen LogP contribution in [0.25, 0.3) is 0 Å². The zero-order chi connectivity index (χ0) is 18.3. The Kier molecular flexibility index (Phi) is 8.64. The Labute approximate surface area is 171 Å². The summed E-state index contributed by atoms with van der Waals surface area (Å²) in [4.78, 5) is 16.6. The Bertz CT molecular complexity index is 721. The van der Waals surface area contributed by atoms with Gasteiger partial charge >= 0.3 is 0 Å². The standard InChI is InChI=1S/C19H26N4O2.HI/c1-5-20-18(23-19(2,3)4)21-13-14-8-6-9-15(12-14)22-17(24)16-10-7-11-25-16;/h6-12H,5,13H2,1-4H3,(H,22,24)(H2,20,21,23);1H. The third-order valence-electron chi connectivity index (χ3n) is 3.19. The second kappa shape index (κ2) is 10.2. The summed E-state index contributed by atoms with van der Waals surface area (Å²) in [5.74, 6) is 0.778. The number of hydrogen-bond donors (Lipinski definition) is 3. The molecule has 3 N–H and O–H groups in total. The van der Waals surface area contributed by atoms with E-state index in [1.54, 1.807) is 12.1 Å². The lowest BCUT2D eigenvalue weighted by atomic mass is 10.1. The van der Waals surface area contributed by atoms with Crippen molar-refractivity contribution in [2.45, 2.75) is 39.8 Å². The summed E-state index contributed by atoms with van der Waals surface area (Å²) in [7, 11) is 0. The van der Waals surface area contributed by atoms with Crippen molar-refractivity contribution in [2.24, 2.45) is 4.99 Å². The summed E-state index contributed by atoms with van der Waals surface area (Å²) in [5.41, 5.74) is 1.64. The third-order valence-corrected chi connectivity index (χ3v) is 3.19. The smallest absolute Gasteiger partial charge is 0.291 e. The summed E-state index contributed by atoms with van der Waals surface area (Å²) in [6.45, 7) is 9.60. The lowest BCUT2D eigenvalue weighted by Gasteiger charge is -2.23. The first kappa shape index (κ1) is 22.0. The normalized spacial score (nSPS) is 11.5. The molecule has 1 aromatic carbocycles. The second-order valence-electron chi connectivity index (χ2n) is 6.70. The molecule has 0 aliphatic carbocycles. The third kappa shape index (κ3) is 7.47. The van der Waals surface area contributed by atoms with Gasteiger partial charge in [0, 0.05) is 17.8 Å². The van der Waals surface area contributed by atoms with Crippen molar-refractivity contribution in [3.63, 3.8) is 0 Å². The van der Waals surface area contributed by atoms with E-state index in [2.05, 4.69) is 41.7 Å². The van der Waals surface area contributed by atoms with Crippen molar-refractivity contribution >= 4 is 41.5 Å². The van der Waals surface area contributed by atoms with Crippen LogP contribution < -0.4 is 16.0 Å². The van der Waals surface area contributed by atoms with E-state index in [0.717, 1.165) is 18.1 Å². The van der Waals surface area contributed by atoms with Crippen LogP contribution in [0, 0.1) is 0 Å². The van der Waals surface area contributed by atoms with Gasteiger partial charge in [0.05, 0.1) is 12.8 Å². The van der Waals surface area contributed by atoms with Gasteiger partial charge in [0.2, 0.25) is 0 Å². The van der Waals surface area contributed by atoms with Gasteiger partial charge in [0.25, 0.3) is 5.91 Å². The molecule has 1 heterocycles. The van der Waals surface area contributed by atoms with Crippen LogP contribution in [0.5, 0.6) is 0 Å². The van der Waals surface area contributed by atoms with E-state index in [1.807, 2.05) is 31.2 Å². The quantitative estimate of drug-likeness (QED) is 0.351. The maximum absolute atomic E-state index is 12.0. The summed E-state index contributed by atoms with van der Waals surface area (Å²) in [6.07, 6.45) is 1.48. The van der Waals surface area contributed by atoms with Crippen molar-refractivity contribution < 1.29 is 9.21 Å². The summed E-state index contributed by atoms with van der Waals surface area (Å²) in [6, 6.07) is 10.9. The van der Waals surface area contributed by atoms with E-state index in [1.165, 1.54) is 6.26 Å². The number of nitrogens with zero attached hydrogens (tertiary/aromatic N) is 1. The lowest BCUT2D eigenvalue weighted by molar-refractivity contribution is 0.0996. The molecule has 7 heteroatoms. The molecule has 1 amide bonds. The number of hydrogen-bond acceptors (Lipinski definition) is 3. The molecule has 2 rings (SSSR count). The monoisotopic (exact) mass is 470 g/mol. The van der Waals surface area contributed by atoms with Crippen LogP contribution >= 0.6 is 24.0 Å². The van der Waals surface area contributed by atoms with Crippen LogP contribution in [0.4, 0.5) is 5.69 Å². The first-order chi connectivity index (χ1) is 11.9. The highest BCUT2D eigenvalue weighted by Crippen LogP contribution is 2.13. The van der Waals surface area contributed by atoms with Crippen molar-refractivity contribution in [1.29, 1.82) is 0 Å². The highest BCUT2D eigenvalue weighted by molar-refractivity contribution is 14.0. The number of furan rings is 1. The number of guanidine groups is 1. The molecule has 0 saturated carbocycles. The Hall–Kier alpha value is -2.03. The van der Waals surface area contributed by atoms with Crippen molar-refractivity contribution in [3.8, 4) is 0 Å². The van der Waals surface area contributed by atoms with E-state index >= 15 is 0 Å². The van der Waals surface area contributed by atoms with E-state index in [0.29, 0.717) is 12.2 Å². The molecule has 2 aromatic rings. The van der Waals surface area contributed by atoms with Crippen LogP contribution in [0.3, 0.4) is 0 Å². The fourth-order valence-electron chi connectivity index (χ4n) is 2.18. The molecule has 0 bridgehead atoms. The molecule has 0 radical (unpaired) electrons. The fraction of sp³-hybridized carbons (Fsp3) is 0.368. The number of rotatable bonds is 5. The molecule has 142 valence electrons. The minimum atomic E-state index is -0.270. The first-order valence-electron chi connectivity index (χ1n) is 8.37. The van der Waals surface area contributed by atoms with Crippen molar-refractivity contribution in [1.82, 2.24) is 10.6 Å². The molecule has 0 aliphatic rings. The van der Waals surface area contributed by atoms with Crippen LogP contribution in [0.15, 0.2) is 52.1 Å². The number of anilines is 1. The average molecular weight is 470 g/mol. The average Bonchev–Trinajstić information content (AvgIpc) is 3.06. The molecule has 6 nitrogen and oxygen atoms in total. The van der Waals surface area contributed by atoms with Gasteiger partial charge in [-0.15, -0.1) is 24.0 Å². The van der Waals surface area contributed by atoms with E-state index in [9.17, 15) is 4.79 Å². The maximum atomic E-state index is 12.0. The Morgan fingerprint density at radius 2 is 1.96 bits per heavy atom. The zero-order valence-electron chi connectivity index (χ0n) is 15.6. The molecule has 26 heavy (non-hydrogen) atoms. The number of carbonyl (C=O) groups excluding carboxylic acids is 1. The molecule has 0 aliphatic heterocycles. The molecule has 0 spiro atoms. The van der Waals surface area contributed by atoms with Crippen LogP contribution in [0.1, 0.15) is 43.8 Å². The van der Waals surface area contributed by atoms with Gasteiger partial charge in [-0.05, 0) is 57.5 Å². The Balaban J connectivity index is 0.00000338. The van der Waals surface area contributed by atoms with E-state index in [4.69, 9.17) is 4.42 Å². The topological polar surface area (TPSA) is 78.7 Å². The summed E-state index contributed by atoms with van der Waals surface area (Å²) < 4.78 is 5.10.